The number of benzene rings is 1. The van der Waals surface area contributed by atoms with Crippen molar-refractivity contribution in [2.45, 2.75) is 64.5 Å². The third kappa shape index (κ3) is 5.56. The molecule has 1 N–H and O–H groups in total. The fourth-order valence-corrected chi connectivity index (χ4v) is 4.67. The van der Waals surface area contributed by atoms with E-state index in [-0.39, 0.29) is 49.2 Å². The van der Waals surface area contributed by atoms with Crippen molar-refractivity contribution >= 4 is 24.3 Å². The number of halogens is 4. The third-order valence-corrected chi connectivity index (χ3v) is 6.85. The first kappa shape index (κ1) is 26.1. The smallest absolute Gasteiger partial charge is 0.317 e. The molecule has 2 aromatic rings. The number of nitrogens with zero attached hydrogens (tertiary/aromatic N) is 4. The van der Waals surface area contributed by atoms with E-state index in [0.29, 0.717) is 32.5 Å². The van der Waals surface area contributed by atoms with Gasteiger partial charge in [0, 0.05) is 50.1 Å². The number of amides is 2. The predicted octanol–water partition coefficient (Wildman–Crippen LogP) is 5.12. The number of hydrogen-bond donors (Lipinski definition) is 1. The molecule has 1 aliphatic carbocycles. The zero-order chi connectivity index (χ0) is 23.8. The van der Waals surface area contributed by atoms with E-state index < -0.39 is 5.92 Å². The van der Waals surface area contributed by atoms with Gasteiger partial charge in [-0.05, 0) is 69.0 Å². The third-order valence-electron chi connectivity index (χ3n) is 6.85. The lowest BCUT2D eigenvalue weighted by Gasteiger charge is -2.41. The summed E-state index contributed by atoms with van der Waals surface area (Å²) < 4.78 is 40.0. The molecule has 0 radical (unpaired) electrons. The Labute approximate surface area is 204 Å². The standard InChI is InChI=1S/C24H30F3N5O.ClH/c1-15-14-31(12-13-32(15)23(33)28-20-8-10-24(26,27)11-9-20)22-17(3)16(2)21(29-30-22)18-4-6-19(25)7-5-18;/h4-7,15,20H,8-14H2,1-3H3,(H,28,33);1H/t15-;/m0./s1. The minimum absolute atomic E-state index is 0. The average Bonchev–Trinajstić information content (AvgIpc) is 2.77. The zero-order valence-electron chi connectivity index (χ0n) is 19.7. The molecule has 1 saturated carbocycles. The van der Waals surface area contributed by atoms with Crippen molar-refractivity contribution in [1.29, 1.82) is 0 Å². The van der Waals surface area contributed by atoms with Crippen molar-refractivity contribution in [3.05, 3.63) is 41.2 Å². The van der Waals surface area contributed by atoms with Gasteiger partial charge < -0.3 is 15.1 Å². The molecule has 186 valence electrons. The van der Waals surface area contributed by atoms with Crippen LogP contribution in [0.2, 0.25) is 0 Å². The fraction of sp³-hybridized carbons (Fsp3) is 0.542. The van der Waals surface area contributed by atoms with Crippen molar-refractivity contribution in [1.82, 2.24) is 20.4 Å². The molecule has 2 amide bonds. The van der Waals surface area contributed by atoms with Crippen LogP contribution in [0.5, 0.6) is 0 Å². The normalized spacial score (nSPS) is 20.6. The van der Waals surface area contributed by atoms with Crippen molar-refractivity contribution in [3.8, 4) is 11.3 Å². The van der Waals surface area contributed by atoms with Crippen LogP contribution in [-0.4, -0.2) is 58.8 Å². The van der Waals surface area contributed by atoms with Crippen LogP contribution in [0.4, 0.5) is 23.8 Å². The SMILES string of the molecule is Cc1c(-c2ccc(F)cc2)nnc(N2CCN(C(=O)NC3CCC(F)(F)CC3)[C@@H](C)C2)c1C.Cl. The molecule has 2 aliphatic rings. The second-order valence-electron chi connectivity index (χ2n) is 9.20. The van der Waals surface area contributed by atoms with E-state index in [1.165, 1.54) is 12.1 Å². The van der Waals surface area contributed by atoms with Gasteiger partial charge in [-0.15, -0.1) is 22.6 Å². The molecule has 1 saturated heterocycles. The van der Waals surface area contributed by atoms with Crippen LogP contribution in [0, 0.1) is 19.7 Å². The van der Waals surface area contributed by atoms with E-state index in [0.717, 1.165) is 28.2 Å². The summed E-state index contributed by atoms with van der Waals surface area (Å²) in [6.07, 6.45) is 0.266. The van der Waals surface area contributed by atoms with Gasteiger partial charge in [0.15, 0.2) is 5.82 Å². The van der Waals surface area contributed by atoms with Gasteiger partial charge in [-0.2, -0.15) is 0 Å². The van der Waals surface area contributed by atoms with Crippen LogP contribution >= 0.6 is 12.4 Å². The molecule has 0 bridgehead atoms. The summed E-state index contributed by atoms with van der Waals surface area (Å²) in [5, 5.41) is 11.8. The van der Waals surface area contributed by atoms with E-state index in [1.807, 2.05) is 20.8 Å². The monoisotopic (exact) mass is 497 g/mol. The molecule has 1 aromatic heterocycles. The molecule has 10 heteroatoms. The largest absolute Gasteiger partial charge is 0.351 e. The number of nitrogens with one attached hydrogen (secondary N) is 1. The van der Waals surface area contributed by atoms with Crippen molar-refractivity contribution in [3.63, 3.8) is 0 Å². The molecule has 1 aliphatic heterocycles. The first-order chi connectivity index (χ1) is 15.6. The Balaban J connectivity index is 0.00000324. The molecule has 2 fully saturated rings. The summed E-state index contributed by atoms with van der Waals surface area (Å²) in [5.74, 6) is -2.13. The van der Waals surface area contributed by atoms with Gasteiger partial charge in [-0.25, -0.2) is 18.0 Å². The quantitative estimate of drug-likeness (QED) is 0.639. The number of rotatable bonds is 3. The Bertz CT molecular complexity index is 1010. The van der Waals surface area contributed by atoms with Gasteiger partial charge in [0.05, 0.1) is 5.69 Å². The Kier molecular flexibility index (Phi) is 7.95. The molecule has 1 atom stereocenters. The number of aromatic nitrogens is 2. The van der Waals surface area contributed by atoms with E-state index in [2.05, 4.69) is 20.4 Å². The lowest BCUT2D eigenvalue weighted by Crippen LogP contribution is -2.58. The van der Waals surface area contributed by atoms with E-state index in [4.69, 9.17) is 0 Å². The topological polar surface area (TPSA) is 61.4 Å². The molecule has 34 heavy (non-hydrogen) atoms. The number of carbonyl (C=O) groups excluding carboxylic acids is 1. The first-order valence-electron chi connectivity index (χ1n) is 11.4. The van der Waals surface area contributed by atoms with Gasteiger partial charge in [0.25, 0.3) is 0 Å². The number of carbonyl (C=O) groups is 1. The maximum Gasteiger partial charge on any atom is 0.317 e. The van der Waals surface area contributed by atoms with Gasteiger partial charge in [0.2, 0.25) is 5.92 Å². The number of urea groups is 1. The summed E-state index contributed by atoms with van der Waals surface area (Å²) in [6.45, 7) is 7.66. The van der Waals surface area contributed by atoms with Crippen LogP contribution in [-0.2, 0) is 0 Å². The predicted molar refractivity (Wildman–Crippen MR) is 128 cm³/mol. The van der Waals surface area contributed by atoms with Crippen LogP contribution < -0.4 is 10.2 Å². The van der Waals surface area contributed by atoms with E-state index in [1.54, 1.807) is 17.0 Å². The van der Waals surface area contributed by atoms with Crippen LogP contribution in [0.1, 0.15) is 43.7 Å². The van der Waals surface area contributed by atoms with Gasteiger partial charge in [-0.3, -0.25) is 0 Å². The number of anilines is 1. The van der Waals surface area contributed by atoms with E-state index >= 15 is 0 Å². The minimum atomic E-state index is -2.61. The molecule has 6 nitrogen and oxygen atoms in total. The number of piperazine rings is 1. The summed E-state index contributed by atoms with van der Waals surface area (Å²) >= 11 is 0. The van der Waals surface area contributed by atoms with Crippen molar-refractivity contribution in [2.24, 2.45) is 0 Å². The number of alkyl halides is 2. The molecular weight excluding hydrogens is 467 g/mol. The van der Waals surface area contributed by atoms with Crippen molar-refractivity contribution < 1.29 is 18.0 Å². The lowest BCUT2D eigenvalue weighted by molar-refractivity contribution is -0.0399. The van der Waals surface area contributed by atoms with Gasteiger partial charge in [0.1, 0.15) is 5.82 Å². The Hall–Kier alpha value is -2.55. The van der Waals surface area contributed by atoms with Crippen LogP contribution in [0.15, 0.2) is 24.3 Å². The second-order valence-corrected chi connectivity index (χ2v) is 9.20. The van der Waals surface area contributed by atoms with Crippen LogP contribution in [0.3, 0.4) is 0 Å². The maximum absolute atomic E-state index is 13.4. The molecular formula is C24H31ClF3N5O. The second kappa shape index (κ2) is 10.4. The molecule has 0 spiro atoms. The first-order valence-corrected chi connectivity index (χ1v) is 11.4. The highest BCUT2D eigenvalue weighted by Gasteiger charge is 2.37. The Morgan fingerprint density at radius 1 is 1.06 bits per heavy atom. The Morgan fingerprint density at radius 2 is 1.71 bits per heavy atom. The van der Waals surface area contributed by atoms with Crippen molar-refractivity contribution in [2.75, 3.05) is 24.5 Å². The summed E-state index contributed by atoms with van der Waals surface area (Å²) in [4.78, 5) is 16.7. The summed E-state index contributed by atoms with van der Waals surface area (Å²) in [6, 6.07) is 5.74. The number of hydrogen-bond acceptors (Lipinski definition) is 4. The maximum atomic E-state index is 13.4. The summed E-state index contributed by atoms with van der Waals surface area (Å²) in [7, 11) is 0. The van der Waals surface area contributed by atoms with Gasteiger partial charge in [-0.1, -0.05) is 0 Å². The molecule has 2 heterocycles. The van der Waals surface area contributed by atoms with Crippen LogP contribution in [0.25, 0.3) is 11.3 Å². The average molecular weight is 498 g/mol. The zero-order valence-corrected chi connectivity index (χ0v) is 20.5. The summed E-state index contributed by atoms with van der Waals surface area (Å²) in [5.41, 5.74) is 3.51. The Morgan fingerprint density at radius 3 is 2.32 bits per heavy atom. The highest BCUT2D eigenvalue weighted by molar-refractivity contribution is 5.85. The minimum Gasteiger partial charge on any atom is -0.351 e. The highest BCUT2D eigenvalue weighted by atomic mass is 35.5. The molecule has 1 aromatic carbocycles. The molecule has 0 unspecified atom stereocenters. The van der Waals surface area contributed by atoms with Gasteiger partial charge >= 0.3 is 6.03 Å². The fourth-order valence-electron chi connectivity index (χ4n) is 4.67. The molecule has 4 rings (SSSR count). The van der Waals surface area contributed by atoms with E-state index in [9.17, 15) is 18.0 Å². The lowest BCUT2D eigenvalue weighted by atomic mass is 9.92. The highest BCUT2D eigenvalue weighted by Crippen LogP contribution is 2.33.